The van der Waals surface area contributed by atoms with Gasteiger partial charge in [0, 0.05) is 7.05 Å². The minimum absolute atomic E-state index is 0.900. The normalized spacial score (nSPS) is 21.3. The quantitative estimate of drug-likeness (QED) is 0.594. The lowest BCUT2D eigenvalue weighted by Gasteiger charge is -2.25. The molecule has 0 radical (unpaired) electrons. The maximum atomic E-state index is 3.05. The second-order valence-electron chi connectivity index (χ2n) is 2.80. The zero-order valence-corrected chi connectivity index (χ0v) is 6.28. The van der Waals surface area contributed by atoms with E-state index in [4.69, 9.17) is 0 Å². The molecule has 0 aromatic heterocycles. The first kappa shape index (κ1) is 6.66. The van der Waals surface area contributed by atoms with Crippen molar-refractivity contribution >= 4 is 0 Å². The second kappa shape index (κ2) is 2.90. The van der Waals surface area contributed by atoms with Crippen molar-refractivity contribution in [3.8, 4) is 0 Å². The fraction of sp³-hybridized carbons (Fsp3) is 0.750. The fourth-order valence-electron chi connectivity index (χ4n) is 1.21. The molecule has 1 fully saturated rings. The van der Waals surface area contributed by atoms with Crippen LogP contribution in [0.4, 0.5) is 0 Å². The van der Waals surface area contributed by atoms with Gasteiger partial charge in [0.05, 0.1) is 0 Å². The molecule has 52 valence electrons. The standard InChI is InChI=1S/C8H15N/c1-7(6-9-2)8-4-3-5-8/h6,8-9H,3-5H2,1-2H3/b7-6-. The molecule has 1 saturated carbocycles. The molecule has 0 heterocycles. The van der Waals surface area contributed by atoms with Crippen LogP contribution in [0.5, 0.6) is 0 Å². The molecule has 0 saturated heterocycles. The molecule has 0 atom stereocenters. The maximum Gasteiger partial charge on any atom is 0.00276 e. The highest BCUT2D eigenvalue weighted by Gasteiger charge is 2.18. The summed E-state index contributed by atoms with van der Waals surface area (Å²) in [5.74, 6) is 0.900. The summed E-state index contributed by atoms with van der Waals surface area (Å²) < 4.78 is 0. The van der Waals surface area contributed by atoms with Crippen LogP contribution in [0.25, 0.3) is 0 Å². The summed E-state index contributed by atoms with van der Waals surface area (Å²) in [5.41, 5.74) is 1.52. The summed E-state index contributed by atoms with van der Waals surface area (Å²) in [6.07, 6.45) is 6.36. The van der Waals surface area contributed by atoms with Crippen LogP contribution in [0.2, 0.25) is 0 Å². The topological polar surface area (TPSA) is 12.0 Å². The van der Waals surface area contributed by atoms with E-state index in [0.29, 0.717) is 0 Å². The van der Waals surface area contributed by atoms with Gasteiger partial charge >= 0.3 is 0 Å². The van der Waals surface area contributed by atoms with Gasteiger partial charge in [0.1, 0.15) is 0 Å². The molecule has 0 unspecified atom stereocenters. The van der Waals surface area contributed by atoms with Crippen LogP contribution >= 0.6 is 0 Å². The summed E-state index contributed by atoms with van der Waals surface area (Å²) in [7, 11) is 1.96. The van der Waals surface area contributed by atoms with Gasteiger partial charge in [0.25, 0.3) is 0 Å². The maximum absolute atomic E-state index is 3.05. The third kappa shape index (κ3) is 1.47. The summed E-state index contributed by atoms with van der Waals surface area (Å²) in [4.78, 5) is 0. The van der Waals surface area contributed by atoms with Crippen molar-refractivity contribution < 1.29 is 0 Å². The molecule has 1 heteroatoms. The van der Waals surface area contributed by atoms with Gasteiger partial charge in [-0.05, 0) is 31.9 Å². The van der Waals surface area contributed by atoms with E-state index in [1.807, 2.05) is 7.05 Å². The van der Waals surface area contributed by atoms with E-state index in [0.717, 1.165) is 5.92 Å². The third-order valence-electron chi connectivity index (χ3n) is 2.12. The molecule has 9 heavy (non-hydrogen) atoms. The zero-order chi connectivity index (χ0) is 6.69. The highest BCUT2D eigenvalue weighted by atomic mass is 14.8. The van der Waals surface area contributed by atoms with Gasteiger partial charge in [-0.2, -0.15) is 0 Å². The average molecular weight is 125 g/mol. The van der Waals surface area contributed by atoms with Gasteiger partial charge in [-0.15, -0.1) is 0 Å². The number of hydrogen-bond acceptors (Lipinski definition) is 1. The van der Waals surface area contributed by atoms with Crippen LogP contribution < -0.4 is 5.32 Å². The van der Waals surface area contributed by atoms with Gasteiger partial charge in [-0.3, -0.25) is 0 Å². The SMILES string of the molecule is CN/C=C(/C)C1CCC1. The minimum atomic E-state index is 0.900. The molecule has 1 N–H and O–H groups in total. The summed E-state index contributed by atoms with van der Waals surface area (Å²) in [6, 6.07) is 0. The van der Waals surface area contributed by atoms with E-state index >= 15 is 0 Å². The molecule has 0 aromatic carbocycles. The Morgan fingerprint density at radius 2 is 2.22 bits per heavy atom. The van der Waals surface area contributed by atoms with Gasteiger partial charge in [0.15, 0.2) is 0 Å². The zero-order valence-electron chi connectivity index (χ0n) is 6.28. The van der Waals surface area contributed by atoms with Gasteiger partial charge in [-0.25, -0.2) is 0 Å². The van der Waals surface area contributed by atoms with Crippen LogP contribution in [-0.4, -0.2) is 7.05 Å². The Morgan fingerprint density at radius 1 is 1.56 bits per heavy atom. The first-order valence-corrected chi connectivity index (χ1v) is 3.68. The molecule has 1 aliphatic carbocycles. The number of allylic oxidation sites excluding steroid dienone is 1. The Morgan fingerprint density at radius 3 is 2.56 bits per heavy atom. The van der Waals surface area contributed by atoms with Crippen LogP contribution in [0.15, 0.2) is 11.8 Å². The van der Waals surface area contributed by atoms with Crippen LogP contribution in [-0.2, 0) is 0 Å². The van der Waals surface area contributed by atoms with Crippen LogP contribution in [0.1, 0.15) is 26.2 Å². The van der Waals surface area contributed by atoms with Crippen molar-refractivity contribution in [3.05, 3.63) is 11.8 Å². The molecule has 0 spiro atoms. The molecule has 0 aliphatic heterocycles. The molecule has 1 rings (SSSR count). The molecular weight excluding hydrogens is 110 g/mol. The van der Waals surface area contributed by atoms with E-state index < -0.39 is 0 Å². The van der Waals surface area contributed by atoms with Crippen molar-refractivity contribution in [2.75, 3.05) is 7.05 Å². The average Bonchev–Trinajstić information content (AvgIpc) is 1.60. The largest absolute Gasteiger partial charge is 0.394 e. The molecule has 1 aliphatic rings. The monoisotopic (exact) mass is 125 g/mol. The van der Waals surface area contributed by atoms with Crippen molar-refractivity contribution in [3.63, 3.8) is 0 Å². The molecule has 0 aromatic rings. The molecule has 0 bridgehead atoms. The van der Waals surface area contributed by atoms with Crippen LogP contribution in [0.3, 0.4) is 0 Å². The van der Waals surface area contributed by atoms with E-state index in [-0.39, 0.29) is 0 Å². The summed E-state index contributed by atoms with van der Waals surface area (Å²) >= 11 is 0. The second-order valence-corrected chi connectivity index (χ2v) is 2.80. The van der Waals surface area contributed by atoms with Crippen molar-refractivity contribution in [1.82, 2.24) is 5.32 Å². The predicted octanol–water partition coefficient (Wildman–Crippen LogP) is 1.91. The lowest BCUT2D eigenvalue weighted by Crippen LogP contribution is -2.13. The van der Waals surface area contributed by atoms with Gasteiger partial charge < -0.3 is 5.32 Å². The minimum Gasteiger partial charge on any atom is -0.394 e. The lowest BCUT2D eigenvalue weighted by atomic mass is 9.81. The first-order chi connectivity index (χ1) is 4.34. The third-order valence-corrected chi connectivity index (χ3v) is 2.12. The number of hydrogen-bond donors (Lipinski definition) is 1. The van der Waals surface area contributed by atoms with Crippen LogP contribution in [0, 0.1) is 5.92 Å². The van der Waals surface area contributed by atoms with E-state index in [1.165, 1.54) is 24.8 Å². The highest BCUT2D eigenvalue weighted by molar-refractivity contribution is 5.04. The highest BCUT2D eigenvalue weighted by Crippen LogP contribution is 2.32. The Balaban J connectivity index is 2.31. The van der Waals surface area contributed by atoms with E-state index in [9.17, 15) is 0 Å². The Bertz CT molecular complexity index is 112. The first-order valence-electron chi connectivity index (χ1n) is 3.68. The summed E-state index contributed by atoms with van der Waals surface area (Å²) in [6.45, 7) is 2.21. The predicted molar refractivity (Wildman–Crippen MR) is 40.2 cm³/mol. The lowest BCUT2D eigenvalue weighted by molar-refractivity contribution is 0.366. The molecule has 1 nitrogen and oxygen atoms in total. The number of rotatable bonds is 2. The smallest absolute Gasteiger partial charge is 0.00276 e. The van der Waals surface area contributed by atoms with E-state index in [2.05, 4.69) is 18.4 Å². The molecular formula is C8H15N. The van der Waals surface area contributed by atoms with Crippen molar-refractivity contribution in [2.45, 2.75) is 26.2 Å². The Kier molecular flexibility index (Phi) is 2.15. The van der Waals surface area contributed by atoms with E-state index in [1.54, 1.807) is 0 Å². The van der Waals surface area contributed by atoms with Gasteiger partial charge in [0.2, 0.25) is 0 Å². The molecule has 0 amide bonds. The fourth-order valence-corrected chi connectivity index (χ4v) is 1.21. The van der Waals surface area contributed by atoms with Crippen molar-refractivity contribution in [2.24, 2.45) is 5.92 Å². The summed E-state index contributed by atoms with van der Waals surface area (Å²) in [5, 5.41) is 3.05. The van der Waals surface area contributed by atoms with Crippen molar-refractivity contribution in [1.29, 1.82) is 0 Å². The number of nitrogens with one attached hydrogen (secondary N) is 1. The Labute approximate surface area is 57.1 Å². The van der Waals surface area contributed by atoms with Gasteiger partial charge in [-0.1, -0.05) is 12.0 Å². The Hall–Kier alpha value is -0.460.